The molecule has 0 aliphatic heterocycles. The Balaban J connectivity index is 2.43. The molecule has 0 bridgehead atoms. The van der Waals surface area contributed by atoms with Gasteiger partial charge in [0, 0.05) is 11.8 Å². The minimum atomic E-state index is -0.207. The summed E-state index contributed by atoms with van der Waals surface area (Å²) in [6.07, 6.45) is 11.0. The van der Waals surface area contributed by atoms with Crippen LogP contribution in [0.3, 0.4) is 0 Å². The summed E-state index contributed by atoms with van der Waals surface area (Å²) >= 11 is 0. The molecule has 2 rings (SSSR count). The predicted molar refractivity (Wildman–Crippen MR) is 61.7 cm³/mol. The van der Waals surface area contributed by atoms with Crippen molar-refractivity contribution in [3.05, 3.63) is 60.2 Å². The standard InChI is InChI=1S/C14H14O/c15-12-11-14(9-5-2-6-10-14)13-7-3-1-4-8-13/h1,3-10,12H,2,11H2. The first-order valence-corrected chi connectivity index (χ1v) is 5.22. The molecule has 0 fully saturated rings. The first-order valence-electron chi connectivity index (χ1n) is 5.22. The first kappa shape index (κ1) is 9.91. The average Bonchev–Trinajstić information content (AvgIpc) is 2.32. The Bertz CT molecular complexity index is 375. The van der Waals surface area contributed by atoms with Crippen LogP contribution in [-0.4, -0.2) is 6.29 Å². The fourth-order valence-electron chi connectivity index (χ4n) is 2.02. The van der Waals surface area contributed by atoms with Crippen LogP contribution in [-0.2, 0) is 10.2 Å². The maximum absolute atomic E-state index is 10.8. The third-order valence-electron chi connectivity index (χ3n) is 2.84. The van der Waals surface area contributed by atoms with Crippen LogP contribution in [0.2, 0.25) is 0 Å². The lowest BCUT2D eigenvalue weighted by atomic mass is 9.75. The summed E-state index contributed by atoms with van der Waals surface area (Å²) < 4.78 is 0. The zero-order chi connectivity index (χ0) is 10.6. The van der Waals surface area contributed by atoms with Crippen LogP contribution in [0.4, 0.5) is 0 Å². The van der Waals surface area contributed by atoms with Gasteiger partial charge in [-0.1, -0.05) is 54.6 Å². The van der Waals surface area contributed by atoms with Crippen LogP contribution in [0.1, 0.15) is 18.4 Å². The SMILES string of the molecule is O=CCC1(c2ccccc2)C=CCC=C1. The molecule has 76 valence electrons. The molecule has 1 aliphatic carbocycles. The van der Waals surface area contributed by atoms with Gasteiger partial charge in [-0.05, 0) is 12.0 Å². The normalized spacial score (nSPS) is 17.6. The first-order chi connectivity index (χ1) is 7.37. The summed E-state index contributed by atoms with van der Waals surface area (Å²) in [5, 5.41) is 0. The van der Waals surface area contributed by atoms with E-state index < -0.39 is 0 Å². The highest BCUT2D eigenvalue weighted by Gasteiger charge is 2.26. The Morgan fingerprint density at radius 1 is 1.13 bits per heavy atom. The third kappa shape index (κ3) is 1.91. The molecule has 0 aromatic heterocycles. The maximum atomic E-state index is 10.8. The number of hydrogen-bond donors (Lipinski definition) is 0. The minimum Gasteiger partial charge on any atom is -0.303 e. The highest BCUT2D eigenvalue weighted by Crippen LogP contribution is 2.33. The molecule has 1 nitrogen and oxygen atoms in total. The van der Waals surface area contributed by atoms with Crippen molar-refractivity contribution in [2.45, 2.75) is 18.3 Å². The molecule has 1 aromatic rings. The van der Waals surface area contributed by atoms with Crippen molar-refractivity contribution in [2.24, 2.45) is 0 Å². The fourth-order valence-corrected chi connectivity index (χ4v) is 2.02. The Hall–Kier alpha value is -1.63. The second-order valence-electron chi connectivity index (χ2n) is 3.82. The van der Waals surface area contributed by atoms with Crippen LogP contribution in [0, 0.1) is 0 Å². The number of carbonyl (C=O) groups is 1. The summed E-state index contributed by atoms with van der Waals surface area (Å²) in [4.78, 5) is 10.8. The number of carbonyl (C=O) groups excluding carboxylic acids is 1. The van der Waals surface area contributed by atoms with E-state index in [1.807, 2.05) is 18.2 Å². The molecule has 1 aromatic carbocycles. The topological polar surface area (TPSA) is 17.1 Å². The number of hydrogen-bond acceptors (Lipinski definition) is 1. The minimum absolute atomic E-state index is 0.207. The fraction of sp³-hybridized carbons (Fsp3) is 0.214. The van der Waals surface area contributed by atoms with Gasteiger partial charge in [-0.3, -0.25) is 0 Å². The van der Waals surface area contributed by atoms with Crippen molar-refractivity contribution >= 4 is 6.29 Å². The zero-order valence-electron chi connectivity index (χ0n) is 8.60. The van der Waals surface area contributed by atoms with Crippen molar-refractivity contribution in [3.8, 4) is 0 Å². The van der Waals surface area contributed by atoms with E-state index in [0.717, 1.165) is 12.7 Å². The summed E-state index contributed by atoms with van der Waals surface area (Å²) in [6.45, 7) is 0. The summed E-state index contributed by atoms with van der Waals surface area (Å²) in [5.41, 5.74) is 0.977. The quantitative estimate of drug-likeness (QED) is 0.539. The van der Waals surface area contributed by atoms with Gasteiger partial charge in [0.25, 0.3) is 0 Å². The molecule has 1 aliphatic rings. The van der Waals surface area contributed by atoms with E-state index in [1.54, 1.807) is 0 Å². The highest BCUT2D eigenvalue weighted by molar-refractivity contribution is 5.57. The van der Waals surface area contributed by atoms with Gasteiger partial charge in [0.1, 0.15) is 6.29 Å². The van der Waals surface area contributed by atoms with Gasteiger partial charge in [0.15, 0.2) is 0 Å². The van der Waals surface area contributed by atoms with Gasteiger partial charge in [-0.15, -0.1) is 0 Å². The van der Waals surface area contributed by atoms with Gasteiger partial charge in [-0.25, -0.2) is 0 Å². The lowest BCUT2D eigenvalue weighted by Crippen LogP contribution is -2.22. The second-order valence-corrected chi connectivity index (χ2v) is 3.82. The van der Waals surface area contributed by atoms with E-state index in [1.165, 1.54) is 5.56 Å². The monoisotopic (exact) mass is 198 g/mol. The Kier molecular flexibility index (Phi) is 2.82. The van der Waals surface area contributed by atoms with Crippen LogP contribution in [0.15, 0.2) is 54.6 Å². The molecule has 0 N–H and O–H groups in total. The Morgan fingerprint density at radius 3 is 2.40 bits per heavy atom. The van der Waals surface area contributed by atoms with Crippen molar-refractivity contribution < 1.29 is 4.79 Å². The molecular weight excluding hydrogens is 184 g/mol. The molecule has 0 saturated heterocycles. The number of allylic oxidation sites excluding steroid dienone is 4. The molecular formula is C14H14O. The van der Waals surface area contributed by atoms with Gasteiger partial charge in [0.2, 0.25) is 0 Å². The van der Waals surface area contributed by atoms with E-state index in [-0.39, 0.29) is 5.41 Å². The van der Waals surface area contributed by atoms with Crippen molar-refractivity contribution in [1.82, 2.24) is 0 Å². The van der Waals surface area contributed by atoms with Crippen LogP contribution >= 0.6 is 0 Å². The van der Waals surface area contributed by atoms with Crippen molar-refractivity contribution in [1.29, 1.82) is 0 Å². The lowest BCUT2D eigenvalue weighted by molar-refractivity contribution is -0.108. The van der Waals surface area contributed by atoms with Crippen molar-refractivity contribution in [2.75, 3.05) is 0 Å². The lowest BCUT2D eigenvalue weighted by Gasteiger charge is -2.27. The van der Waals surface area contributed by atoms with Gasteiger partial charge >= 0.3 is 0 Å². The predicted octanol–water partition coefficient (Wildman–Crippen LogP) is 3.03. The molecule has 0 spiro atoms. The molecule has 15 heavy (non-hydrogen) atoms. The second kappa shape index (κ2) is 4.26. The summed E-state index contributed by atoms with van der Waals surface area (Å²) in [5.74, 6) is 0. The number of rotatable bonds is 3. The van der Waals surface area contributed by atoms with Crippen LogP contribution in [0.5, 0.6) is 0 Å². The molecule has 0 radical (unpaired) electrons. The molecule has 0 heterocycles. The maximum Gasteiger partial charge on any atom is 0.121 e. The van der Waals surface area contributed by atoms with Crippen LogP contribution in [0.25, 0.3) is 0 Å². The highest BCUT2D eigenvalue weighted by atomic mass is 16.1. The smallest absolute Gasteiger partial charge is 0.121 e. The number of benzene rings is 1. The van der Waals surface area contributed by atoms with Gasteiger partial charge in [0.05, 0.1) is 0 Å². The molecule has 0 amide bonds. The van der Waals surface area contributed by atoms with E-state index in [0.29, 0.717) is 6.42 Å². The average molecular weight is 198 g/mol. The van der Waals surface area contributed by atoms with Gasteiger partial charge < -0.3 is 4.79 Å². The Labute approximate surface area is 90.1 Å². The molecule has 1 heteroatoms. The van der Waals surface area contributed by atoms with Crippen LogP contribution < -0.4 is 0 Å². The zero-order valence-corrected chi connectivity index (χ0v) is 8.60. The van der Waals surface area contributed by atoms with Crippen molar-refractivity contribution in [3.63, 3.8) is 0 Å². The van der Waals surface area contributed by atoms with E-state index in [4.69, 9.17) is 0 Å². The largest absolute Gasteiger partial charge is 0.303 e. The van der Waals surface area contributed by atoms with Gasteiger partial charge in [-0.2, -0.15) is 0 Å². The molecule has 0 unspecified atom stereocenters. The van der Waals surface area contributed by atoms with E-state index >= 15 is 0 Å². The third-order valence-corrected chi connectivity index (χ3v) is 2.84. The van der Waals surface area contributed by atoms with E-state index in [9.17, 15) is 4.79 Å². The Morgan fingerprint density at radius 2 is 1.80 bits per heavy atom. The summed E-state index contributed by atoms with van der Waals surface area (Å²) in [6, 6.07) is 10.2. The molecule has 0 saturated carbocycles. The summed E-state index contributed by atoms with van der Waals surface area (Å²) in [7, 11) is 0. The van der Waals surface area contributed by atoms with E-state index in [2.05, 4.69) is 36.4 Å². The number of aldehydes is 1. The molecule has 0 atom stereocenters.